The molecule has 0 saturated carbocycles. The molecule has 0 bridgehead atoms. The average Bonchev–Trinajstić information content (AvgIpc) is 2.84. The van der Waals surface area contributed by atoms with Crippen LogP contribution in [-0.2, 0) is 13.0 Å². The predicted octanol–water partition coefficient (Wildman–Crippen LogP) is 4.00. The van der Waals surface area contributed by atoms with Crippen LogP contribution in [0.1, 0.15) is 11.1 Å². The van der Waals surface area contributed by atoms with Crippen LogP contribution >= 0.6 is 15.9 Å². The summed E-state index contributed by atoms with van der Waals surface area (Å²) in [5.41, 5.74) is 4.51. The van der Waals surface area contributed by atoms with Crippen molar-refractivity contribution in [1.82, 2.24) is 5.32 Å². The highest BCUT2D eigenvalue weighted by atomic mass is 79.9. The lowest BCUT2D eigenvalue weighted by atomic mass is 10.1. The second kappa shape index (κ2) is 5.54. The number of nitrogens with zero attached hydrogens (tertiary/aromatic N) is 1. The van der Waals surface area contributed by atoms with Crippen molar-refractivity contribution in [3.8, 4) is 0 Å². The third kappa shape index (κ3) is 2.45. The van der Waals surface area contributed by atoms with Gasteiger partial charge in [0.05, 0.1) is 0 Å². The highest BCUT2D eigenvalue weighted by Crippen LogP contribution is 2.36. The van der Waals surface area contributed by atoms with Gasteiger partial charge in [-0.05, 0) is 48.9 Å². The Balaban J connectivity index is 1.96. The van der Waals surface area contributed by atoms with Crippen molar-refractivity contribution in [2.45, 2.75) is 13.0 Å². The van der Waals surface area contributed by atoms with E-state index >= 15 is 0 Å². The van der Waals surface area contributed by atoms with E-state index < -0.39 is 0 Å². The molecule has 2 nitrogen and oxygen atoms in total. The summed E-state index contributed by atoms with van der Waals surface area (Å²) < 4.78 is 14.5. The van der Waals surface area contributed by atoms with Gasteiger partial charge in [0.2, 0.25) is 0 Å². The molecule has 0 fully saturated rings. The van der Waals surface area contributed by atoms with Crippen molar-refractivity contribution in [3.05, 3.63) is 57.8 Å². The Morgan fingerprint density at radius 2 is 2.10 bits per heavy atom. The Hall–Kier alpha value is -1.39. The summed E-state index contributed by atoms with van der Waals surface area (Å²) >= 11 is 3.61. The average molecular weight is 335 g/mol. The van der Waals surface area contributed by atoms with Gasteiger partial charge in [-0.1, -0.05) is 28.1 Å². The largest absolute Gasteiger partial charge is 0.341 e. The molecule has 3 rings (SSSR count). The molecule has 0 spiro atoms. The zero-order valence-electron chi connectivity index (χ0n) is 11.3. The number of anilines is 2. The summed E-state index contributed by atoms with van der Waals surface area (Å²) in [4.78, 5) is 2.17. The van der Waals surface area contributed by atoms with Gasteiger partial charge in [-0.2, -0.15) is 0 Å². The monoisotopic (exact) mass is 334 g/mol. The summed E-state index contributed by atoms with van der Waals surface area (Å²) in [5, 5.41) is 3.14. The van der Waals surface area contributed by atoms with E-state index in [1.54, 1.807) is 6.07 Å². The van der Waals surface area contributed by atoms with Crippen LogP contribution in [0.2, 0.25) is 0 Å². The van der Waals surface area contributed by atoms with Crippen molar-refractivity contribution in [3.63, 3.8) is 0 Å². The van der Waals surface area contributed by atoms with E-state index in [1.807, 2.05) is 13.1 Å². The van der Waals surface area contributed by atoms with Crippen LogP contribution in [0.25, 0.3) is 0 Å². The van der Waals surface area contributed by atoms with Crippen molar-refractivity contribution >= 4 is 27.3 Å². The van der Waals surface area contributed by atoms with Crippen molar-refractivity contribution in [2.75, 3.05) is 18.5 Å². The standard InChI is InChI=1S/C16H16BrFN2/c1-19-10-12-3-5-14(9-15(12)17)20-7-6-11-2-4-13(18)8-16(11)20/h2-5,8-9,19H,6-7,10H2,1H3. The maximum Gasteiger partial charge on any atom is 0.125 e. The van der Waals surface area contributed by atoms with Crippen molar-refractivity contribution in [2.24, 2.45) is 0 Å². The third-order valence-corrected chi connectivity index (χ3v) is 4.40. The van der Waals surface area contributed by atoms with Crippen molar-refractivity contribution < 1.29 is 4.39 Å². The lowest BCUT2D eigenvalue weighted by Gasteiger charge is -2.20. The van der Waals surface area contributed by atoms with Gasteiger partial charge in [0, 0.05) is 28.9 Å². The molecule has 0 saturated heterocycles. The van der Waals surface area contributed by atoms with Crippen molar-refractivity contribution in [1.29, 1.82) is 0 Å². The van der Waals surface area contributed by atoms with Gasteiger partial charge in [-0.15, -0.1) is 0 Å². The molecule has 1 heterocycles. The van der Waals surface area contributed by atoms with Crippen LogP contribution in [-0.4, -0.2) is 13.6 Å². The van der Waals surface area contributed by atoms with Crippen LogP contribution in [0.5, 0.6) is 0 Å². The number of halogens is 2. The molecule has 20 heavy (non-hydrogen) atoms. The van der Waals surface area contributed by atoms with Gasteiger partial charge in [-0.3, -0.25) is 0 Å². The minimum Gasteiger partial charge on any atom is -0.341 e. The minimum atomic E-state index is -0.179. The Bertz CT molecular complexity index is 642. The molecule has 2 aromatic rings. The zero-order valence-corrected chi connectivity index (χ0v) is 12.9. The summed E-state index contributed by atoms with van der Waals surface area (Å²) in [5.74, 6) is -0.179. The van der Waals surface area contributed by atoms with Gasteiger partial charge in [0.25, 0.3) is 0 Å². The van der Waals surface area contributed by atoms with Gasteiger partial charge in [-0.25, -0.2) is 4.39 Å². The quantitative estimate of drug-likeness (QED) is 0.912. The molecule has 0 atom stereocenters. The first-order valence-corrected chi connectivity index (χ1v) is 7.47. The topological polar surface area (TPSA) is 15.3 Å². The summed E-state index contributed by atoms with van der Waals surface area (Å²) in [6.07, 6.45) is 0.964. The lowest BCUT2D eigenvalue weighted by Crippen LogP contribution is -2.14. The van der Waals surface area contributed by atoms with E-state index in [0.29, 0.717) is 0 Å². The van der Waals surface area contributed by atoms with Gasteiger partial charge in [0.15, 0.2) is 0 Å². The fraction of sp³-hybridized carbons (Fsp3) is 0.250. The molecule has 0 radical (unpaired) electrons. The van der Waals surface area contributed by atoms with Crippen LogP contribution < -0.4 is 10.2 Å². The first-order chi connectivity index (χ1) is 9.69. The number of benzene rings is 2. The maximum absolute atomic E-state index is 13.5. The Morgan fingerprint density at radius 3 is 2.85 bits per heavy atom. The van der Waals surface area contributed by atoms with Gasteiger partial charge >= 0.3 is 0 Å². The number of hydrogen-bond acceptors (Lipinski definition) is 2. The fourth-order valence-electron chi connectivity index (χ4n) is 2.66. The zero-order chi connectivity index (χ0) is 14.1. The smallest absolute Gasteiger partial charge is 0.125 e. The maximum atomic E-state index is 13.5. The molecule has 2 aromatic carbocycles. The normalized spacial score (nSPS) is 13.7. The van der Waals surface area contributed by atoms with Gasteiger partial charge < -0.3 is 10.2 Å². The highest BCUT2D eigenvalue weighted by Gasteiger charge is 2.21. The highest BCUT2D eigenvalue weighted by molar-refractivity contribution is 9.10. The molecule has 4 heteroatoms. The van der Waals surface area contributed by atoms with E-state index in [1.165, 1.54) is 17.2 Å². The van der Waals surface area contributed by atoms with Crippen LogP contribution in [0.4, 0.5) is 15.8 Å². The first-order valence-electron chi connectivity index (χ1n) is 6.68. The molecule has 0 unspecified atom stereocenters. The van der Waals surface area contributed by atoms with E-state index in [4.69, 9.17) is 0 Å². The molecule has 104 valence electrons. The Labute approximate surface area is 126 Å². The Morgan fingerprint density at radius 1 is 1.25 bits per heavy atom. The number of nitrogens with one attached hydrogen (secondary N) is 1. The fourth-order valence-corrected chi connectivity index (χ4v) is 3.17. The molecule has 0 aromatic heterocycles. The molecule has 1 aliphatic heterocycles. The third-order valence-electron chi connectivity index (χ3n) is 3.66. The molecular formula is C16H16BrFN2. The molecular weight excluding hydrogens is 319 g/mol. The molecule has 0 aliphatic carbocycles. The van der Waals surface area contributed by atoms with Crippen LogP contribution in [0.3, 0.4) is 0 Å². The second-order valence-electron chi connectivity index (χ2n) is 4.98. The summed E-state index contributed by atoms with van der Waals surface area (Å²) in [6.45, 7) is 1.72. The molecule has 1 N–H and O–H groups in total. The predicted molar refractivity (Wildman–Crippen MR) is 84.0 cm³/mol. The lowest BCUT2D eigenvalue weighted by molar-refractivity contribution is 0.628. The molecule has 0 amide bonds. The van der Waals surface area contributed by atoms with E-state index in [-0.39, 0.29) is 5.82 Å². The number of fused-ring (bicyclic) bond motifs is 1. The second-order valence-corrected chi connectivity index (χ2v) is 5.84. The Kier molecular flexibility index (Phi) is 3.76. The first kappa shape index (κ1) is 13.6. The summed E-state index contributed by atoms with van der Waals surface area (Å²) in [7, 11) is 1.93. The molecule has 1 aliphatic rings. The van der Waals surface area contributed by atoms with Gasteiger partial charge in [0.1, 0.15) is 5.82 Å². The van der Waals surface area contributed by atoms with Crippen LogP contribution in [0, 0.1) is 5.82 Å². The number of rotatable bonds is 3. The minimum absolute atomic E-state index is 0.179. The summed E-state index contributed by atoms with van der Waals surface area (Å²) in [6, 6.07) is 11.3. The number of hydrogen-bond donors (Lipinski definition) is 1. The van der Waals surface area contributed by atoms with E-state index in [2.05, 4.69) is 44.3 Å². The van der Waals surface area contributed by atoms with E-state index in [0.717, 1.165) is 35.4 Å². The van der Waals surface area contributed by atoms with E-state index in [9.17, 15) is 4.39 Å². The SMILES string of the molecule is CNCc1ccc(N2CCc3ccc(F)cc32)cc1Br. The van der Waals surface area contributed by atoms with Crippen LogP contribution in [0.15, 0.2) is 40.9 Å².